The first-order valence-corrected chi connectivity index (χ1v) is 9.38. The van der Waals surface area contributed by atoms with Gasteiger partial charge in [-0.15, -0.1) is 0 Å². The number of ether oxygens (including phenoxy) is 1. The second-order valence-corrected chi connectivity index (χ2v) is 6.98. The van der Waals surface area contributed by atoms with E-state index in [1.165, 1.54) is 35.8 Å². The third-order valence-corrected chi connectivity index (χ3v) is 4.71. The molecule has 0 fully saturated rings. The first-order valence-electron chi connectivity index (χ1n) is 9.00. The number of non-ortho nitro benzene ring substituents is 1. The molecule has 1 aromatic heterocycles. The van der Waals surface area contributed by atoms with Crippen LogP contribution in [0.4, 0.5) is 11.4 Å². The monoisotopic (exact) mass is 444 g/mol. The minimum absolute atomic E-state index is 0.0213. The number of halogens is 1. The lowest BCUT2D eigenvalue weighted by atomic mass is 10.2. The summed E-state index contributed by atoms with van der Waals surface area (Å²) in [6.45, 7) is 3.14. The van der Waals surface area contributed by atoms with Crippen molar-refractivity contribution in [3.8, 4) is 5.69 Å². The molecule has 1 atom stereocenters. The van der Waals surface area contributed by atoms with E-state index in [0.29, 0.717) is 11.4 Å². The van der Waals surface area contributed by atoms with Crippen molar-refractivity contribution in [1.29, 1.82) is 0 Å². The summed E-state index contributed by atoms with van der Waals surface area (Å²) in [6, 6.07) is 9.71. The Morgan fingerprint density at radius 1 is 1.23 bits per heavy atom. The maximum absolute atomic E-state index is 12.4. The molecule has 0 saturated heterocycles. The summed E-state index contributed by atoms with van der Waals surface area (Å²) in [7, 11) is 0. The van der Waals surface area contributed by atoms with Crippen molar-refractivity contribution < 1.29 is 19.2 Å². The molecular weight excluding hydrogens is 428 g/mol. The molecule has 10 nitrogen and oxygen atoms in total. The maximum atomic E-state index is 12.4. The van der Waals surface area contributed by atoms with Crippen molar-refractivity contribution >= 4 is 34.9 Å². The summed E-state index contributed by atoms with van der Waals surface area (Å²) in [5.74, 6) is -1.39. The van der Waals surface area contributed by atoms with Gasteiger partial charge in [0.15, 0.2) is 6.10 Å². The highest BCUT2D eigenvalue weighted by atomic mass is 35.5. The summed E-state index contributed by atoms with van der Waals surface area (Å²) < 4.78 is 6.62. The zero-order valence-corrected chi connectivity index (χ0v) is 17.2. The van der Waals surface area contributed by atoms with Gasteiger partial charge in [-0.1, -0.05) is 11.6 Å². The highest BCUT2D eigenvalue weighted by molar-refractivity contribution is 6.34. The van der Waals surface area contributed by atoms with Gasteiger partial charge in [0, 0.05) is 24.0 Å². The van der Waals surface area contributed by atoms with Gasteiger partial charge < -0.3 is 15.0 Å². The number of esters is 1. The molecule has 1 unspecified atom stereocenters. The summed E-state index contributed by atoms with van der Waals surface area (Å²) >= 11 is 5.95. The minimum Gasteiger partial charge on any atom is -0.449 e. The molecule has 1 heterocycles. The number of rotatable bonds is 6. The van der Waals surface area contributed by atoms with Crippen molar-refractivity contribution in [3.63, 3.8) is 0 Å². The van der Waals surface area contributed by atoms with E-state index >= 15 is 0 Å². The number of hydrogen-bond donors (Lipinski definition) is 2. The highest BCUT2D eigenvalue weighted by Gasteiger charge is 2.21. The van der Waals surface area contributed by atoms with E-state index in [4.69, 9.17) is 16.3 Å². The number of aryl methyl sites for hydroxylation is 1. The van der Waals surface area contributed by atoms with E-state index in [1.807, 2.05) is 0 Å². The van der Waals surface area contributed by atoms with Gasteiger partial charge >= 0.3 is 11.7 Å². The summed E-state index contributed by atoms with van der Waals surface area (Å²) in [6.07, 6.45) is 0.412. The first kappa shape index (κ1) is 21.8. The molecule has 0 bridgehead atoms. The van der Waals surface area contributed by atoms with Gasteiger partial charge in [-0.2, -0.15) is 0 Å². The van der Waals surface area contributed by atoms with E-state index < -0.39 is 22.9 Å². The third kappa shape index (κ3) is 4.81. The van der Waals surface area contributed by atoms with Crippen molar-refractivity contribution in [1.82, 2.24) is 9.55 Å². The molecule has 0 radical (unpaired) electrons. The highest BCUT2D eigenvalue weighted by Crippen LogP contribution is 2.26. The van der Waals surface area contributed by atoms with Crippen LogP contribution in [-0.4, -0.2) is 32.5 Å². The van der Waals surface area contributed by atoms with E-state index in [0.717, 1.165) is 6.07 Å². The number of imidazole rings is 1. The Labute approximate surface area is 180 Å². The zero-order chi connectivity index (χ0) is 22.7. The number of amides is 1. The molecule has 0 aliphatic rings. The molecule has 0 aliphatic heterocycles. The van der Waals surface area contributed by atoms with Crippen molar-refractivity contribution in [3.05, 3.63) is 85.5 Å². The summed E-state index contributed by atoms with van der Waals surface area (Å²) in [5, 5.41) is 13.2. The number of aromatic amines is 1. The molecule has 0 saturated carbocycles. The average molecular weight is 445 g/mol. The number of nitro benzene ring substituents is 1. The molecule has 160 valence electrons. The molecule has 0 aliphatic carbocycles. The van der Waals surface area contributed by atoms with E-state index in [-0.39, 0.29) is 27.7 Å². The quantitative estimate of drug-likeness (QED) is 0.340. The van der Waals surface area contributed by atoms with E-state index in [9.17, 15) is 24.5 Å². The van der Waals surface area contributed by atoms with E-state index in [1.54, 1.807) is 25.3 Å². The summed E-state index contributed by atoms with van der Waals surface area (Å²) in [5.41, 5.74) is 1.09. The molecule has 2 aromatic carbocycles. The van der Waals surface area contributed by atoms with Crippen molar-refractivity contribution in [2.75, 3.05) is 5.32 Å². The number of carbonyl (C=O) groups excluding carboxylic acids is 2. The van der Waals surface area contributed by atoms with Gasteiger partial charge in [0.05, 0.1) is 26.9 Å². The molecule has 2 N–H and O–H groups in total. The minimum atomic E-state index is -1.16. The Morgan fingerprint density at radius 3 is 2.45 bits per heavy atom. The number of H-pyrrole nitrogens is 1. The Kier molecular flexibility index (Phi) is 6.21. The number of nitro groups is 1. The SMILES string of the molecule is Cc1c[nH]c(=O)n1-c1ccc(C(=O)OC(C)C(=O)Nc2ccc([N+](=O)[O-])cc2Cl)cc1. The molecule has 31 heavy (non-hydrogen) atoms. The van der Waals surface area contributed by atoms with Crippen molar-refractivity contribution in [2.24, 2.45) is 0 Å². The second kappa shape index (κ2) is 8.84. The fourth-order valence-electron chi connectivity index (χ4n) is 2.76. The van der Waals surface area contributed by atoms with Gasteiger partial charge in [-0.25, -0.2) is 9.59 Å². The first-order chi connectivity index (χ1) is 14.7. The van der Waals surface area contributed by atoms with Crippen LogP contribution in [-0.2, 0) is 9.53 Å². The molecule has 3 rings (SSSR count). The number of nitrogens with zero attached hydrogens (tertiary/aromatic N) is 2. The van der Waals surface area contributed by atoms with E-state index in [2.05, 4.69) is 10.3 Å². The Hall–Kier alpha value is -3.92. The maximum Gasteiger partial charge on any atom is 0.338 e. The number of aromatic nitrogens is 2. The van der Waals surface area contributed by atoms with Crippen LogP contribution in [0.25, 0.3) is 5.69 Å². The number of carbonyl (C=O) groups is 2. The smallest absolute Gasteiger partial charge is 0.338 e. The van der Waals surface area contributed by atoms with Crippen molar-refractivity contribution in [2.45, 2.75) is 20.0 Å². The molecular formula is C20H17ClN4O6. The number of hydrogen-bond acceptors (Lipinski definition) is 6. The predicted molar refractivity (Wildman–Crippen MR) is 113 cm³/mol. The second-order valence-electron chi connectivity index (χ2n) is 6.58. The normalized spacial score (nSPS) is 11.6. The Bertz CT molecular complexity index is 1220. The van der Waals surface area contributed by atoms with Gasteiger partial charge in [-0.3, -0.25) is 19.5 Å². The largest absolute Gasteiger partial charge is 0.449 e. The predicted octanol–water partition coefficient (Wildman–Crippen LogP) is 3.22. The van der Waals surface area contributed by atoms with Gasteiger partial charge in [0.1, 0.15) is 0 Å². The Balaban J connectivity index is 1.65. The summed E-state index contributed by atoms with van der Waals surface area (Å²) in [4.78, 5) is 49.2. The molecule has 3 aromatic rings. The van der Waals surface area contributed by atoms with Crippen LogP contribution in [0.1, 0.15) is 23.0 Å². The van der Waals surface area contributed by atoms with Gasteiger partial charge in [-0.05, 0) is 44.2 Å². The number of benzene rings is 2. The third-order valence-electron chi connectivity index (χ3n) is 4.40. The number of nitrogens with one attached hydrogen (secondary N) is 2. The lowest BCUT2D eigenvalue weighted by Crippen LogP contribution is -2.30. The molecule has 1 amide bonds. The lowest BCUT2D eigenvalue weighted by Gasteiger charge is -2.14. The van der Waals surface area contributed by atoms with Crippen LogP contribution in [0.3, 0.4) is 0 Å². The number of anilines is 1. The van der Waals surface area contributed by atoms with Crippen LogP contribution >= 0.6 is 11.6 Å². The average Bonchev–Trinajstić information content (AvgIpc) is 3.07. The Morgan fingerprint density at radius 2 is 1.90 bits per heavy atom. The topological polar surface area (TPSA) is 136 Å². The fourth-order valence-corrected chi connectivity index (χ4v) is 2.98. The van der Waals surface area contributed by atoms with Crippen LogP contribution in [0.2, 0.25) is 5.02 Å². The fraction of sp³-hybridized carbons (Fsp3) is 0.150. The standard InChI is InChI=1S/C20H17ClN4O6/c1-11-10-22-20(28)24(11)14-5-3-13(4-6-14)19(27)31-12(2)18(26)23-17-8-7-15(25(29)30)9-16(17)21/h3-10,12H,1-2H3,(H,22,28)(H,23,26). The zero-order valence-electron chi connectivity index (χ0n) is 16.4. The lowest BCUT2D eigenvalue weighted by molar-refractivity contribution is -0.384. The van der Waals surface area contributed by atoms with Crippen LogP contribution in [0.5, 0.6) is 0 Å². The molecule has 0 spiro atoms. The van der Waals surface area contributed by atoms with Crippen LogP contribution in [0.15, 0.2) is 53.5 Å². The molecule has 11 heteroatoms. The van der Waals surface area contributed by atoms with Crippen LogP contribution < -0.4 is 11.0 Å². The van der Waals surface area contributed by atoms with Gasteiger partial charge in [0.25, 0.3) is 11.6 Å². The van der Waals surface area contributed by atoms with Gasteiger partial charge in [0.2, 0.25) is 0 Å². The van der Waals surface area contributed by atoms with Crippen LogP contribution in [0, 0.1) is 17.0 Å².